The molecule has 0 saturated heterocycles. The second-order valence-corrected chi connectivity index (χ2v) is 5.38. The zero-order valence-electron chi connectivity index (χ0n) is 7.65. The lowest BCUT2D eigenvalue weighted by Gasteiger charge is -2.06. The van der Waals surface area contributed by atoms with Crippen molar-refractivity contribution in [3.63, 3.8) is 0 Å². The fourth-order valence-corrected chi connectivity index (χ4v) is 2.43. The van der Waals surface area contributed by atoms with Crippen LogP contribution in [0, 0.1) is 0 Å². The molecule has 0 unspecified atom stereocenters. The highest BCUT2D eigenvalue weighted by Crippen LogP contribution is 2.44. The van der Waals surface area contributed by atoms with Crippen molar-refractivity contribution in [1.82, 2.24) is 4.98 Å². The van der Waals surface area contributed by atoms with Gasteiger partial charge in [-0.25, -0.2) is 4.57 Å². The average Bonchev–Trinajstić information content (AvgIpc) is 2.53. The molecule has 86 valence electrons. The maximum Gasteiger partial charge on any atom is 0.524 e. The first kappa shape index (κ1) is 12.0. The number of aromatic amines is 1. The third kappa shape index (κ3) is 2.26. The van der Waals surface area contributed by atoms with Gasteiger partial charge in [-0.1, -0.05) is 11.6 Å². The monoisotopic (exact) mass is 325 g/mol. The lowest BCUT2D eigenvalue weighted by atomic mass is 10.2. The molecule has 0 atom stereocenters. The van der Waals surface area contributed by atoms with Crippen LogP contribution in [-0.2, 0) is 4.57 Å². The highest BCUT2D eigenvalue weighted by molar-refractivity contribution is 9.10. The third-order valence-corrected chi connectivity index (χ3v) is 3.72. The molecular formula is C8H6BrClNO4P. The number of H-pyrrole nitrogens is 1. The highest BCUT2D eigenvalue weighted by Gasteiger charge is 2.20. The van der Waals surface area contributed by atoms with Crippen molar-refractivity contribution in [3.8, 4) is 5.75 Å². The molecule has 1 aromatic heterocycles. The number of fused-ring (bicyclic) bond motifs is 1. The van der Waals surface area contributed by atoms with E-state index < -0.39 is 7.82 Å². The van der Waals surface area contributed by atoms with Crippen molar-refractivity contribution >= 4 is 46.3 Å². The van der Waals surface area contributed by atoms with Crippen molar-refractivity contribution < 1.29 is 18.9 Å². The van der Waals surface area contributed by atoms with Crippen LogP contribution >= 0.6 is 35.4 Å². The van der Waals surface area contributed by atoms with Crippen LogP contribution in [0.3, 0.4) is 0 Å². The Kier molecular flexibility index (Phi) is 3.03. The molecule has 0 aliphatic rings. The summed E-state index contributed by atoms with van der Waals surface area (Å²) in [6, 6.07) is 3.35. The van der Waals surface area contributed by atoms with Crippen LogP contribution in [-0.4, -0.2) is 14.8 Å². The normalized spacial score (nSPS) is 12.0. The molecule has 1 heterocycles. The van der Waals surface area contributed by atoms with Gasteiger partial charge in [-0.3, -0.25) is 9.79 Å². The summed E-state index contributed by atoms with van der Waals surface area (Å²) in [7, 11) is -4.58. The van der Waals surface area contributed by atoms with E-state index in [9.17, 15) is 4.57 Å². The maximum absolute atomic E-state index is 10.7. The summed E-state index contributed by atoms with van der Waals surface area (Å²) in [4.78, 5) is 20.3. The van der Waals surface area contributed by atoms with E-state index in [1.165, 1.54) is 6.20 Å². The Morgan fingerprint density at radius 1 is 1.44 bits per heavy atom. The standard InChI is InChI=1S/C8H6BrClNO4P/c9-8-4(10)1-2-5-7(8)6(3-11-5)15-16(12,13)14/h1-3,11H,(H2,12,13,14). The van der Waals surface area contributed by atoms with Crippen LogP contribution in [0.5, 0.6) is 5.75 Å². The summed E-state index contributed by atoms with van der Waals surface area (Å²) in [5.41, 5.74) is 0.666. The van der Waals surface area contributed by atoms with E-state index in [-0.39, 0.29) is 5.75 Å². The van der Waals surface area contributed by atoms with E-state index in [0.29, 0.717) is 20.4 Å². The van der Waals surface area contributed by atoms with E-state index in [2.05, 4.69) is 25.4 Å². The Bertz CT molecular complexity index is 593. The minimum atomic E-state index is -4.58. The molecule has 2 rings (SSSR count). The number of hydrogen-bond donors (Lipinski definition) is 3. The van der Waals surface area contributed by atoms with Crippen molar-refractivity contribution in [3.05, 3.63) is 27.8 Å². The number of nitrogens with one attached hydrogen (secondary N) is 1. The minimum Gasteiger partial charge on any atom is -0.402 e. The number of phosphoric acid groups is 1. The van der Waals surface area contributed by atoms with Crippen LogP contribution in [0.1, 0.15) is 0 Å². The zero-order valence-corrected chi connectivity index (χ0v) is 10.9. The van der Waals surface area contributed by atoms with Crippen LogP contribution < -0.4 is 4.52 Å². The smallest absolute Gasteiger partial charge is 0.402 e. The van der Waals surface area contributed by atoms with Gasteiger partial charge in [0, 0.05) is 10.7 Å². The molecule has 0 aliphatic carbocycles. The molecule has 0 spiro atoms. The predicted octanol–water partition coefficient (Wildman–Crippen LogP) is 3.06. The SMILES string of the molecule is O=P(O)(O)Oc1c[nH]c2ccc(Cl)c(Br)c12. The van der Waals surface area contributed by atoms with Gasteiger partial charge in [0.1, 0.15) is 0 Å². The molecule has 16 heavy (non-hydrogen) atoms. The topological polar surface area (TPSA) is 82.6 Å². The van der Waals surface area contributed by atoms with Crippen molar-refractivity contribution in [2.75, 3.05) is 0 Å². The lowest BCUT2D eigenvalue weighted by Crippen LogP contribution is -1.89. The summed E-state index contributed by atoms with van der Waals surface area (Å²) in [5.74, 6) is 0.0534. The Morgan fingerprint density at radius 2 is 2.12 bits per heavy atom. The lowest BCUT2D eigenvalue weighted by molar-refractivity contribution is 0.284. The van der Waals surface area contributed by atoms with Gasteiger partial charge in [-0.05, 0) is 28.1 Å². The van der Waals surface area contributed by atoms with E-state index in [4.69, 9.17) is 21.4 Å². The van der Waals surface area contributed by atoms with Gasteiger partial charge in [0.15, 0.2) is 5.75 Å². The van der Waals surface area contributed by atoms with Gasteiger partial charge in [-0.2, -0.15) is 0 Å². The Balaban J connectivity index is 2.63. The van der Waals surface area contributed by atoms with Crippen LogP contribution in [0.15, 0.2) is 22.8 Å². The van der Waals surface area contributed by atoms with Crippen molar-refractivity contribution in [2.45, 2.75) is 0 Å². The number of benzene rings is 1. The van der Waals surface area contributed by atoms with Gasteiger partial charge >= 0.3 is 7.82 Å². The average molecular weight is 326 g/mol. The largest absolute Gasteiger partial charge is 0.524 e. The quantitative estimate of drug-likeness (QED) is 0.741. The van der Waals surface area contributed by atoms with Gasteiger partial charge in [0.05, 0.1) is 15.9 Å². The molecule has 0 bridgehead atoms. The highest BCUT2D eigenvalue weighted by atomic mass is 79.9. The zero-order chi connectivity index (χ0) is 11.9. The summed E-state index contributed by atoms with van der Waals surface area (Å²) in [6.45, 7) is 0. The van der Waals surface area contributed by atoms with Gasteiger partial charge in [-0.15, -0.1) is 0 Å². The molecule has 1 aromatic carbocycles. The molecule has 0 aliphatic heterocycles. The first-order valence-corrected chi connectivity index (χ1v) is 6.79. The van der Waals surface area contributed by atoms with Crippen LogP contribution in [0.25, 0.3) is 10.9 Å². The Labute approximate surface area is 104 Å². The second kappa shape index (κ2) is 4.05. The maximum atomic E-state index is 10.7. The number of phosphoric ester groups is 1. The summed E-state index contributed by atoms with van der Waals surface area (Å²) in [5, 5.41) is 0.929. The van der Waals surface area contributed by atoms with E-state index in [0.717, 1.165) is 0 Å². The fourth-order valence-electron chi connectivity index (χ4n) is 1.33. The number of hydrogen-bond acceptors (Lipinski definition) is 2. The first-order valence-electron chi connectivity index (χ1n) is 4.09. The Morgan fingerprint density at radius 3 is 2.75 bits per heavy atom. The molecule has 3 N–H and O–H groups in total. The summed E-state index contributed by atoms with van der Waals surface area (Å²) in [6.07, 6.45) is 1.37. The van der Waals surface area contributed by atoms with E-state index >= 15 is 0 Å². The van der Waals surface area contributed by atoms with Gasteiger partial charge in [0.25, 0.3) is 0 Å². The van der Waals surface area contributed by atoms with Crippen LogP contribution in [0.2, 0.25) is 5.02 Å². The van der Waals surface area contributed by atoms with Crippen molar-refractivity contribution in [1.29, 1.82) is 0 Å². The van der Waals surface area contributed by atoms with Crippen molar-refractivity contribution in [2.24, 2.45) is 0 Å². The van der Waals surface area contributed by atoms with E-state index in [1.807, 2.05) is 0 Å². The second-order valence-electron chi connectivity index (χ2n) is 3.02. The van der Waals surface area contributed by atoms with Gasteiger partial charge < -0.3 is 9.51 Å². The van der Waals surface area contributed by atoms with Crippen LogP contribution in [0.4, 0.5) is 0 Å². The predicted molar refractivity (Wildman–Crippen MR) is 63.7 cm³/mol. The van der Waals surface area contributed by atoms with E-state index in [1.54, 1.807) is 12.1 Å². The Hall–Kier alpha value is -0.520. The molecule has 0 amide bonds. The molecule has 0 radical (unpaired) electrons. The van der Waals surface area contributed by atoms with Gasteiger partial charge in [0.2, 0.25) is 0 Å². The molecule has 0 saturated carbocycles. The number of aromatic nitrogens is 1. The summed E-state index contributed by atoms with van der Waals surface area (Å²) < 4.78 is 15.8. The molecule has 0 fully saturated rings. The fraction of sp³-hybridized carbons (Fsp3) is 0. The number of halogens is 2. The summed E-state index contributed by atoms with van der Waals surface area (Å²) >= 11 is 9.11. The molecule has 2 aromatic rings. The first-order chi connectivity index (χ1) is 7.38. The molecule has 5 nitrogen and oxygen atoms in total. The third-order valence-electron chi connectivity index (χ3n) is 1.92. The molecule has 8 heteroatoms. The number of rotatable bonds is 2. The minimum absolute atomic E-state index is 0.0534. The molecular weight excluding hydrogens is 320 g/mol.